The summed E-state index contributed by atoms with van der Waals surface area (Å²) in [6, 6.07) is 24.6. The third kappa shape index (κ3) is 5.38. The number of fused-ring (bicyclic) bond motifs is 1. The average Bonchev–Trinajstić information content (AvgIpc) is 3.16. The van der Waals surface area contributed by atoms with Crippen LogP contribution in [0.2, 0.25) is 0 Å². The molecule has 164 valence electrons. The van der Waals surface area contributed by atoms with E-state index >= 15 is 0 Å². The largest absolute Gasteiger partial charge is 0.494 e. The highest BCUT2D eigenvalue weighted by molar-refractivity contribution is 5.75. The molecule has 0 amide bonds. The van der Waals surface area contributed by atoms with Gasteiger partial charge in [-0.3, -0.25) is 0 Å². The van der Waals surface area contributed by atoms with Crippen molar-refractivity contribution in [2.45, 2.75) is 39.3 Å². The number of hydrogen-bond donors (Lipinski definition) is 0. The summed E-state index contributed by atoms with van der Waals surface area (Å²) in [5, 5.41) is 0. The molecule has 0 aliphatic heterocycles. The fourth-order valence-corrected chi connectivity index (χ4v) is 3.86. The van der Waals surface area contributed by atoms with E-state index in [1.54, 1.807) is 0 Å². The third-order valence-electron chi connectivity index (χ3n) is 5.46. The molecule has 0 saturated carbocycles. The van der Waals surface area contributed by atoms with Gasteiger partial charge in [-0.25, -0.2) is 4.98 Å². The van der Waals surface area contributed by atoms with Gasteiger partial charge in [-0.1, -0.05) is 48.5 Å². The molecule has 0 radical (unpaired) electrons. The molecule has 0 spiro atoms. The number of imidazole rings is 1. The molecule has 0 saturated heterocycles. The SMILES string of the molecule is C=CCc1ccccc1OCc1nc2ccccc2n1CCCCOc1cccc(C)c1. The molecule has 0 fully saturated rings. The molecule has 1 aromatic heterocycles. The van der Waals surface area contributed by atoms with Crippen molar-refractivity contribution in [3.63, 3.8) is 0 Å². The van der Waals surface area contributed by atoms with Gasteiger partial charge in [0.25, 0.3) is 0 Å². The van der Waals surface area contributed by atoms with E-state index in [4.69, 9.17) is 14.5 Å². The first-order valence-electron chi connectivity index (χ1n) is 11.2. The zero-order valence-corrected chi connectivity index (χ0v) is 18.7. The topological polar surface area (TPSA) is 36.3 Å². The van der Waals surface area contributed by atoms with Crippen molar-refractivity contribution < 1.29 is 9.47 Å². The monoisotopic (exact) mass is 426 g/mol. The van der Waals surface area contributed by atoms with Crippen LogP contribution in [-0.4, -0.2) is 16.2 Å². The van der Waals surface area contributed by atoms with Gasteiger partial charge in [-0.05, 0) is 67.6 Å². The molecule has 0 aliphatic rings. The van der Waals surface area contributed by atoms with Crippen molar-refractivity contribution in [2.24, 2.45) is 0 Å². The highest BCUT2D eigenvalue weighted by Crippen LogP contribution is 2.22. The van der Waals surface area contributed by atoms with Crippen LogP contribution in [0.4, 0.5) is 0 Å². The zero-order valence-electron chi connectivity index (χ0n) is 18.7. The Hall–Kier alpha value is -3.53. The van der Waals surface area contributed by atoms with Crippen LogP contribution in [-0.2, 0) is 19.6 Å². The van der Waals surface area contributed by atoms with Crippen LogP contribution in [0.5, 0.6) is 11.5 Å². The van der Waals surface area contributed by atoms with Crippen LogP contribution in [0, 0.1) is 6.92 Å². The van der Waals surface area contributed by atoms with Gasteiger partial charge in [0, 0.05) is 6.54 Å². The lowest BCUT2D eigenvalue weighted by Gasteiger charge is -2.13. The lowest BCUT2D eigenvalue weighted by Crippen LogP contribution is -2.09. The maximum Gasteiger partial charge on any atom is 0.147 e. The number of rotatable bonds is 11. The number of allylic oxidation sites excluding steroid dienone is 1. The zero-order chi connectivity index (χ0) is 22.2. The molecule has 1 heterocycles. The number of ether oxygens (including phenoxy) is 2. The molecule has 4 nitrogen and oxygen atoms in total. The second-order valence-corrected chi connectivity index (χ2v) is 7.93. The second-order valence-electron chi connectivity index (χ2n) is 7.93. The highest BCUT2D eigenvalue weighted by Gasteiger charge is 2.12. The third-order valence-corrected chi connectivity index (χ3v) is 5.46. The Bertz CT molecular complexity index is 1180. The predicted molar refractivity (Wildman–Crippen MR) is 130 cm³/mol. The van der Waals surface area contributed by atoms with E-state index in [1.165, 1.54) is 5.56 Å². The number of aryl methyl sites for hydroxylation is 2. The average molecular weight is 427 g/mol. The summed E-state index contributed by atoms with van der Waals surface area (Å²) in [7, 11) is 0. The summed E-state index contributed by atoms with van der Waals surface area (Å²) >= 11 is 0. The standard InChI is InChI=1S/C28H30N2O2/c1-3-11-23-13-4-7-17-27(23)32-21-28-29-25-15-5-6-16-26(25)30(28)18-8-9-19-31-24-14-10-12-22(2)20-24/h3-7,10,12-17,20H,1,8-9,11,18-19,21H2,2H3. The molecule has 32 heavy (non-hydrogen) atoms. The number of hydrogen-bond acceptors (Lipinski definition) is 3. The van der Waals surface area contributed by atoms with Crippen LogP contribution >= 0.6 is 0 Å². The summed E-state index contributed by atoms with van der Waals surface area (Å²) in [6.07, 6.45) is 4.67. The minimum atomic E-state index is 0.433. The Morgan fingerprint density at radius 2 is 1.78 bits per heavy atom. The number of aromatic nitrogens is 2. The Balaban J connectivity index is 1.41. The Morgan fingerprint density at radius 1 is 0.938 bits per heavy atom. The summed E-state index contributed by atoms with van der Waals surface area (Å²) in [5.74, 6) is 2.77. The maximum absolute atomic E-state index is 6.19. The molecule has 0 N–H and O–H groups in total. The quantitative estimate of drug-likeness (QED) is 0.203. The van der Waals surface area contributed by atoms with Gasteiger partial charge in [0.2, 0.25) is 0 Å². The van der Waals surface area contributed by atoms with E-state index in [2.05, 4.69) is 54.5 Å². The van der Waals surface area contributed by atoms with E-state index in [1.807, 2.05) is 42.5 Å². The number of unbranched alkanes of at least 4 members (excludes halogenated alkanes) is 1. The van der Waals surface area contributed by atoms with Crippen molar-refractivity contribution >= 4 is 11.0 Å². The predicted octanol–water partition coefficient (Wildman–Crippen LogP) is 6.51. The van der Waals surface area contributed by atoms with Gasteiger partial charge in [-0.2, -0.15) is 0 Å². The molecule has 0 unspecified atom stereocenters. The first kappa shape index (κ1) is 21.7. The van der Waals surface area contributed by atoms with Crippen molar-refractivity contribution in [3.05, 3.63) is 102 Å². The molecule has 4 aromatic rings. The van der Waals surface area contributed by atoms with E-state index in [9.17, 15) is 0 Å². The summed E-state index contributed by atoms with van der Waals surface area (Å²) < 4.78 is 14.4. The fraction of sp³-hybridized carbons (Fsp3) is 0.250. The van der Waals surface area contributed by atoms with Gasteiger partial charge in [-0.15, -0.1) is 6.58 Å². The first-order valence-corrected chi connectivity index (χ1v) is 11.2. The van der Waals surface area contributed by atoms with E-state index in [0.717, 1.165) is 59.7 Å². The van der Waals surface area contributed by atoms with E-state index in [0.29, 0.717) is 13.2 Å². The smallest absolute Gasteiger partial charge is 0.147 e. The molecule has 3 aromatic carbocycles. The fourth-order valence-electron chi connectivity index (χ4n) is 3.86. The Morgan fingerprint density at radius 3 is 2.66 bits per heavy atom. The number of benzene rings is 3. The molecule has 4 heteroatoms. The highest BCUT2D eigenvalue weighted by atomic mass is 16.5. The first-order chi connectivity index (χ1) is 15.7. The van der Waals surface area contributed by atoms with Crippen molar-refractivity contribution in [3.8, 4) is 11.5 Å². The Kier molecular flexibility index (Phi) is 7.23. The van der Waals surface area contributed by atoms with Gasteiger partial charge in [0.1, 0.15) is 23.9 Å². The maximum atomic E-state index is 6.19. The molecular weight excluding hydrogens is 396 g/mol. The van der Waals surface area contributed by atoms with Gasteiger partial charge < -0.3 is 14.0 Å². The molecule has 0 aliphatic carbocycles. The van der Waals surface area contributed by atoms with Crippen molar-refractivity contribution in [1.29, 1.82) is 0 Å². The van der Waals surface area contributed by atoms with Crippen LogP contribution in [0.3, 0.4) is 0 Å². The van der Waals surface area contributed by atoms with Crippen LogP contribution < -0.4 is 9.47 Å². The lowest BCUT2D eigenvalue weighted by atomic mass is 10.1. The second kappa shape index (κ2) is 10.7. The van der Waals surface area contributed by atoms with Gasteiger partial charge in [0.05, 0.1) is 17.6 Å². The Labute approximate surface area is 190 Å². The number of nitrogens with zero attached hydrogens (tertiary/aromatic N) is 2. The molecule has 0 bridgehead atoms. The molecule has 4 rings (SSSR count). The van der Waals surface area contributed by atoms with E-state index in [-0.39, 0.29) is 0 Å². The van der Waals surface area contributed by atoms with Crippen LogP contribution in [0.25, 0.3) is 11.0 Å². The van der Waals surface area contributed by atoms with Crippen molar-refractivity contribution in [1.82, 2.24) is 9.55 Å². The summed E-state index contributed by atoms with van der Waals surface area (Å²) in [5.41, 5.74) is 4.50. The summed E-state index contributed by atoms with van der Waals surface area (Å²) in [6.45, 7) is 7.95. The van der Waals surface area contributed by atoms with E-state index < -0.39 is 0 Å². The number of para-hydroxylation sites is 3. The lowest BCUT2D eigenvalue weighted by molar-refractivity contribution is 0.283. The molecule has 0 atom stereocenters. The van der Waals surface area contributed by atoms with Gasteiger partial charge in [0.15, 0.2) is 0 Å². The summed E-state index contributed by atoms with van der Waals surface area (Å²) in [4.78, 5) is 4.85. The van der Waals surface area contributed by atoms with Crippen LogP contribution in [0.15, 0.2) is 85.5 Å². The van der Waals surface area contributed by atoms with Gasteiger partial charge >= 0.3 is 0 Å². The molecular formula is C28H30N2O2. The minimum absolute atomic E-state index is 0.433. The van der Waals surface area contributed by atoms with Crippen LogP contribution in [0.1, 0.15) is 29.8 Å². The van der Waals surface area contributed by atoms with Crippen molar-refractivity contribution in [2.75, 3.05) is 6.61 Å². The normalized spacial score (nSPS) is 10.9. The minimum Gasteiger partial charge on any atom is -0.494 e.